The maximum Gasteiger partial charge on any atom is 0.123 e. The quantitative estimate of drug-likeness (QED) is 0.685. The smallest absolute Gasteiger partial charge is 0.123 e. The fourth-order valence-electron chi connectivity index (χ4n) is 1.33. The molecule has 0 saturated heterocycles. The number of halogens is 2. The van der Waals surface area contributed by atoms with Crippen LogP contribution >= 0.6 is 11.6 Å². The molecule has 2 heteroatoms. The van der Waals surface area contributed by atoms with Crippen molar-refractivity contribution in [1.29, 1.82) is 0 Å². The maximum absolute atomic E-state index is 12.9. The zero-order chi connectivity index (χ0) is 9.84. The van der Waals surface area contributed by atoms with Gasteiger partial charge in [-0.25, -0.2) is 4.39 Å². The Bertz CT molecular complexity index is 283. The molecule has 0 aromatic heterocycles. The molecule has 0 N–H and O–H groups in total. The van der Waals surface area contributed by atoms with Crippen LogP contribution in [0.25, 0.3) is 0 Å². The topological polar surface area (TPSA) is 0 Å². The van der Waals surface area contributed by atoms with Crippen LogP contribution in [0.5, 0.6) is 0 Å². The molecule has 0 nitrogen and oxygen atoms in total. The number of hydrogen-bond donors (Lipinski definition) is 0. The third-order valence-corrected chi connectivity index (χ3v) is 2.38. The van der Waals surface area contributed by atoms with Gasteiger partial charge >= 0.3 is 0 Å². The van der Waals surface area contributed by atoms with E-state index in [0.717, 1.165) is 18.4 Å². The molecule has 0 aliphatic carbocycles. The molecule has 0 amide bonds. The summed E-state index contributed by atoms with van der Waals surface area (Å²) in [5.74, 6) is -0.155. The average Bonchev–Trinajstić information content (AvgIpc) is 2.09. The van der Waals surface area contributed by atoms with E-state index in [1.807, 2.05) is 0 Å². The molecule has 0 saturated carbocycles. The summed E-state index contributed by atoms with van der Waals surface area (Å²) in [6, 6.07) is 4.42. The summed E-state index contributed by atoms with van der Waals surface area (Å²) in [6.45, 7) is 6.02. The molecule has 1 aromatic carbocycles. The lowest BCUT2D eigenvalue weighted by Gasteiger charge is -2.11. The molecule has 1 radical (unpaired) electrons. The van der Waals surface area contributed by atoms with Gasteiger partial charge in [0.05, 0.1) is 0 Å². The van der Waals surface area contributed by atoms with Crippen LogP contribution in [-0.4, -0.2) is 0 Å². The summed E-state index contributed by atoms with van der Waals surface area (Å²) in [5.41, 5.74) is 0.809. The minimum absolute atomic E-state index is 0.0909. The second kappa shape index (κ2) is 4.61. The lowest BCUT2D eigenvalue weighted by atomic mass is 9.96. The van der Waals surface area contributed by atoms with Crippen LogP contribution in [0.3, 0.4) is 0 Å². The highest BCUT2D eigenvalue weighted by atomic mass is 35.5. The van der Waals surface area contributed by atoms with Crippen molar-refractivity contribution in [3.63, 3.8) is 0 Å². The molecule has 0 aliphatic heterocycles. The van der Waals surface area contributed by atoms with Gasteiger partial charge in [-0.1, -0.05) is 24.9 Å². The van der Waals surface area contributed by atoms with E-state index in [-0.39, 0.29) is 11.7 Å². The standard InChI is InChI=1S/C11H13ClF/c1-3-4-8(2)10-7-9(13)5-6-11(10)12/h5-8H,2-4H2,1H3. The molecule has 1 rings (SSSR count). The Kier molecular flexibility index (Phi) is 3.73. The Labute approximate surface area is 83.7 Å². The van der Waals surface area contributed by atoms with Crippen molar-refractivity contribution in [2.45, 2.75) is 25.7 Å². The molecule has 13 heavy (non-hydrogen) atoms. The first-order valence-corrected chi connectivity index (χ1v) is 4.81. The van der Waals surface area contributed by atoms with E-state index < -0.39 is 0 Å². The van der Waals surface area contributed by atoms with Gasteiger partial charge in [0.25, 0.3) is 0 Å². The van der Waals surface area contributed by atoms with Crippen LogP contribution in [0.15, 0.2) is 18.2 Å². The molecule has 0 spiro atoms. The Hall–Kier alpha value is -0.560. The summed E-state index contributed by atoms with van der Waals surface area (Å²) in [7, 11) is 0. The highest BCUT2D eigenvalue weighted by Gasteiger charge is 2.09. The monoisotopic (exact) mass is 199 g/mol. The first-order valence-electron chi connectivity index (χ1n) is 4.43. The van der Waals surface area contributed by atoms with Crippen molar-refractivity contribution < 1.29 is 4.39 Å². The molecule has 1 unspecified atom stereocenters. The van der Waals surface area contributed by atoms with Crippen molar-refractivity contribution in [3.05, 3.63) is 41.5 Å². The van der Waals surface area contributed by atoms with Crippen molar-refractivity contribution in [3.8, 4) is 0 Å². The first kappa shape index (κ1) is 10.5. The fourth-order valence-corrected chi connectivity index (χ4v) is 1.60. The van der Waals surface area contributed by atoms with Crippen LogP contribution in [-0.2, 0) is 0 Å². The molecule has 0 aliphatic rings. The SMILES string of the molecule is [CH2]C(CCC)c1cc(F)ccc1Cl. The van der Waals surface area contributed by atoms with Crippen LogP contribution < -0.4 is 0 Å². The number of benzene rings is 1. The van der Waals surface area contributed by atoms with Crippen LogP contribution in [0.2, 0.25) is 5.02 Å². The van der Waals surface area contributed by atoms with Crippen molar-refractivity contribution >= 4 is 11.6 Å². The van der Waals surface area contributed by atoms with Crippen LogP contribution in [0.1, 0.15) is 31.2 Å². The third-order valence-electron chi connectivity index (χ3n) is 2.04. The Morgan fingerprint density at radius 2 is 2.23 bits per heavy atom. The first-order chi connectivity index (χ1) is 6.15. The van der Waals surface area contributed by atoms with E-state index in [1.54, 1.807) is 6.07 Å². The second-order valence-electron chi connectivity index (χ2n) is 3.15. The van der Waals surface area contributed by atoms with E-state index >= 15 is 0 Å². The third kappa shape index (κ3) is 2.70. The zero-order valence-electron chi connectivity index (χ0n) is 7.69. The molecule has 71 valence electrons. The van der Waals surface area contributed by atoms with Crippen molar-refractivity contribution in [2.75, 3.05) is 0 Å². The van der Waals surface area contributed by atoms with Crippen LogP contribution in [0, 0.1) is 12.7 Å². The minimum Gasteiger partial charge on any atom is -0.207 e. The highest BCUT2D eigenvalue weighted by molar-refractivity contribution is 6.31. The predicted molar refractivity (Wildman–Crippen MR) is 54.4 cm³/mol. The predicted octanol–water partition coefficient (Wildman–Crippen LogP) is 4.20. The fraction of sp³-hybridized carbons (Fsp3) is 0.364. The lowest BCUT2D eigenvalue weighted by molar-refractivity contribution is 0.620. The van der Waals surface area contributed by atoms with E-state index in [0.29, 0.717) is 5.02 Å². The number of hydrogen-bond acceptors (Lipinski definition) is 0. The minimum atomic E-state index is -0.246. The van der Waals surface area contributed by atoms with E-state index in [2.05, 4.69) is 13.8 Å². The zero-order valence-corrected chi connectivity index (χ0v) is 8.44. The van der Waals surface area contributed by atoms with Gasteiger partial charge in [0, 0.05) is 5.02 Å². The molecule has 0 heterocycles. The van der Waals surface area contributed by atoms with Gasteiger partial charge < -0.3 is 0 Å². The maximum atomic E-state index is 12.9. The van der Waals surface area contributed by atoms with Crippen molar-refractivity contribution in [2.24, 2.45) is 0 Å². The molecule has 0 fully saturated rings. The van der Waals surface area contributed by atoms with E-state index in [1.165, 1.54) is 12.1 Å². The summed E-state index contributed by atoms with van der Waals surface area (Å²) >= 11 is 5.92. The largest absolute Gasteiger partial charge is 0.207 e. The van der Waals surface area contributed by atoms with Gasteiger partial charge in [0.2, 0.25) is 0 Å². The molecular weight excluding hydrogens is 187 g/mol. The second-order valence-corrected chi connectivity index (χ2v) is 3.56. The van der Waals surface area contributed by atoms with Crippen molar-refractivity contribution in [1.82, 2.24) is 0 Å². The summed E-state index contributed by atoms with van der Waals surface area (Å²) in [5, 5.41) is 0.606. The summed E-state index contributed by atoms with van der Waals surface area (Å²) in [6.07, 6.45) is 1.96. The lowest BCUT2D eigenvalue weighted by Crippen LogP contribution is -1.95. The van der Waals surface area contributed by atoms with E-state index in [4.69, 9.17) is 11.6 Å². The Balaban J connectivity index is 2.91. The summed E-state index contributed by atoms with van der Waals surface area (Å²) in [4.78, 5) is 0. The normalized spacial score (nSPS) is 12.9. The molecular formula is C11H13ClF. The number of rotatable bonds is 3. The van der Waals surface area contributed by atoms with Crippen LogP contribution in [0.4, 0.5) is 4.39 Å². The van der Waals surface area contributed by atoms with Gasteiger partial charge in [-0.15, -0.1) is 0 Å². The summed E-state index contributed by atoms with van der Waals surface area (Å²) < 4.78 is 12.9. The van der Waals surface area contributed by atoms with Gasteiger partial charge in [-0.05, 0) is 43.0 Å². The van der Waals surface area contributed by atoms with Gasteiger partial charge in [-0.3, -0.25) is 0 Å². The molecule has 0 bridgehead atoms. The van der Waals surface area contributed by atoms with Gasteiger partial charge in [-0.2, -0.15) is 0 Å². The van der Waals surface area contributed by atoms with Gasteiger partial charge in [0.15, 0.2) is 0 Å². The Morgan fingerprint density at radius 3 is 2.85 bits per heavy atom. The molecule has 1 aromatic rings. The average molecular weight is 200 g/mol. The Morgan fingerprint density at radius 1 is 1.54 bits per heavy atom. The highest BCUT2D eigenvalue weighted by Crippen LogP contribution is 2.27. The molecule has 1 atom stereocenters. The van der Waals surface area contributed by atoms with Gasteiger partial charge in [0.1, 0.15) is 5.82 Å². The van der Waals surface area contributed by atoms with E-state index in [9.17, 15) is 4.39 Å².